The molecule has 30 heavy (non-hydrogen) atoms. The Morgan fingerprint density at radius 2 is 1.67 bits per heavy atom. The molecule has 1 aromatic carbocycles. The lowest BCUT2D eigenvalue weighted by molar-refractivity contribution is 0.0629. The first-order valence-corrected chi connectivity index (χ1v) is 12.9. The molecule has 0 bridgehead atoms. The maximum atomic E-state index is 13.1. The molecule has 0 radical (unpaired) electrons. The van der Waals surface area contributed by atoms with Crippen molar-refractivity contribution in [2.24, 2.45) is 0 Å². The number of sulfonamides is 1. The van der Waals surface area contributed by atoms with Gasteiger partial charge in [0.15, 0.2) is 0 Å². The zero-order chi connectivity index (χ0) is 21.3. The van der Waals surface area contributed by atoms with Crippen LogP contribution in [0.25, 0.3) is 0 Å². The van der Waals surface area contributed by atoms with Crippen LogP contribution < -0.4 is 0 Å². The monoisotopic (exact) mass is 487 g/mol. The highest BCUT2D eigenvalue weighted by atomic mass is 35.5. The molecule has 2 aromatic rings. The maximum Gasteiger partial charge on any atom is 0.255 e. The summed E-state index contributed by atoms with van der Waals surface area (Å²) in [5, 5.41) is 0.274. The van der Waals surface area contributed by atoms with E-state index in [4.69, 9.17) is 23.2 Å². The van der Waals surface area contributed by atoms with Gasteiger partial charge in [-0.2, -0.15) is 4.31 Å². The second-order valence-electron chi connectivity index (χ2n) is 7.53. The van der Waals surface area contributed by atoms with Gasteiger partial charge < -0.3 is 4.90 Å². The molecule has 1 aromatic heterocycles. The van der Waals surface area contributed by atoms with Crippen LogP contribution in [0.3, 0.4) is 0 Å². The van der Waals surface area contributed by atoms with Crippen molar-refractivity contribution < 1.29 is 13.2 Å². The van der Waals surface area contributed by atoms with Crippen LogP contribution in [0, 0.1) is 0 Å². The summed E-state index contributed by atoms with van der Waals surface area (Å²) >= 11 is 13.8. The van der Waals surface area contributed by atoms with Gasteiger partial charge in [0.05, 0.1) is 19.8 Å². The number of hydrogen-bond acceptors (Lipinski definition) is 5. The number of piperazine rings is 1. The third kappa shape index (κ3) is 4.69. The van der Waals surface area contributed by atoms with Crippen molar-refractivity contribution in [1.29, 1.82) is 0 Å². The third-order valence-corrected chi connectivity index (χ3v) is 8.98. The van der Waals surface area contributed by atoms with Crippen LogP contribution in [0.15, 0.2) is 35.2 Å². The molecule has 1 amide bonds. The smallest absolute Gasteiger partial charge is 0.255 e. The van der Waals surface area contributed by atoms with Gasteiger partial charge in [-0.1, -0.05) is 23.2 Å². The standard InChI is InChI=1S/C20H23Cl2N3O3S2/c21-18-5-4-16(30(27,28)25-7-1-2-8-25)13-17(18)20(26)24-11-9-23(10-12-24)14-15-3-6-19(22)29-15/h3-6,13H,1-2,7-12,14H2. The van der Waals surface area contributed by atoms with Gasteiger partial charge in [0.1, 0.15) is 0 Å². The van der Waals surface area contributed by atoms with E-state index in [9.17, 15) is 13.2 Å². The molecule has 10 heteroatoms. The van der Waals surface area contributed by atoms with E-state index in [2.05, 4.69) is 4.90 Å². The Morgan fingerprint density at radius 1 is 0.967 bits per heavy atom. The highest BCUT2D eigenvalue weighted by Crippen LogP contribution is 2.27. The summed E-state index contributed by atoms with van der Waals surface area (Å²) in [7, 11) is -3.60. The van der Waals surface area contributed by atoms with Crippen molar-refractivity contribution in [3.05, 3.63) is 50.1 Å². The number of benzene rings is 1. The van der Waals surface area contributed by atoms with Gasteiger partial charge >= 0.3 is 0 Å². The second-order valence-corrected chi connectivity index (χ2v) is 11.7. The summed E-state index contributed by atoms with van der Waals surface area (Å²) in [6.45, 7) is 4.46. The van der Waals surface area contributed by atoms with E-state index in [1.54, 1.807) is 16.2 Å². The van der Waals surface area contributed by atoms with E-state index in [0.717, 1.165) is 36.8 Å². The fourth-order valence-electron chi connectivity index (χ4n) is 3.84. The number of halogens is 2. The van der Waals surface area contributed by atoms with Crippen LogP contribution in [0.2, 0.25) is 9.36 Å². The second kappa shape index (κ2) is 9.14. The van der Waals surface area contributed by atoms with Crippen LogP contribution in [0.1, 0.15) is 28.1 Å². The highest BCUT2D eigenvalue weighted by molar-refractivity contribution is 7.89. The number of hydrogen-bond donors (Lipinski definition) is 0. The van der Waals surface area contributed by atoms with Crippen molar-refractivity contribution >= 4 is 50.5 Å². The van der Waals surface area contributed by atoms with Gasteiger partial charge in [0, 0.05) is 50.7 Å². The molecular weight excluding hydrogens is 465 g/mol. The molecule has 0 saturated carbocycles. The van der Waals surface area contributed by atoms with Crippen LogP contribution in [-0.2, 0) is 16.6 Å². The molecule has 4 rings (SSSR count). The van der Waals surface area contributed by atoms with Crippen molar-refractivity contribution in [3.8, 4) is 0 Å². The quantitative estimate of drug-likeness (QED) is 0.643. The zero-order valence-electron chi connectivity index (χ0n) is 16.4. The topological polar surface area (TPSA) is 60.9 Å². The lowest BCUT2D eigenvalue weighted by atomic mass is 10.1. The van der Waals surface area contributed by atoms with Crippen molar-refractivity contribution in [2.75, 3.05) is 39.3 Å². The van der Waals surface area contributed by atoms with E-state index in [-0.39, 0.29) is 21.4 Å². The fraction of sp³-hybridized carbons (Fsp3) is 0.450. The van der Waals surface area contributed by atoms with E-state index in [1.165, 1.54) is 27.4 Å². The molecule has 0 unspecified atom stereocenters. The van der Waals surface area contributed by atoms with Crippen LogP contribution >= 0.6 is 34.5 Å². The molecule has 2 fully saturated rings. The summed E-state index contributed by atoms with van der Waals surface area (Å²) in [6.07, 6.45) is 1.72. The van der Waals surface area contributed by atoms with Gasteiger partial charge in [-0.05, 0) is 43.2 Å². The molecule has 162 valence electrons. The van der Waals surface area contributed by atoms with Gasteiger partial charge in [-0.15, -0.1) is 11.3 Å². The fourth-order valence-corrected chi connectivity index (χ4v) is 6.72. The molecular formula is C20H23Cl2N3O3S2. The number of amides is 1. The van der Waals surface area contributed by atoms with Crippen LogP contribution in [0.5, 0.6) is 0 Å². The number of nitrogens with zero attached hydrogens (tertiary/aromatic N) is 3. The lowest BCUT2D eigenvalue weighted by Gasteiger charge is -2.34. The van der Waals surface area contributed by atoms with Crippen LogP contribution in [0.4, 0.5) is 0 Å². The highest BCUT2D eigenvalue weighted by Gasteiger charge is 2.30. The molecule has 2 saturated heterocycles. The van der Waals surface area contributed by atoms with Crippen molar-refractivity contribution in [2.45, 2.75) is 24.3 Å². The number of carbonyl (C=O) groups is 1. The summed E-state index contributed by atoms with van der Waals surface area (Å²) in [4.78, 5) is 18.4. The van der Waals surface area contributed by atoms with Gasteiger partial charge in [-0.3, -0.25) is 9.69 Å². The number of thiophene rings is 1. The first kappa shape index (κ1) is 22.0. The van der Waals surface area contributed by atoms with E-state index < -0.39 is 10.0 Å². The number of rotatable bonds is 5. The first-order chi connectivity index (χ1) is 14.3. The Balaban J connectivity index is 1.44. The Kier molecular flexibility index (Phi) is 6.72. The molecule has 6 nitrogen and oxygen atoms in total. The zero-order valence-corrected chi connectivity index (χ0v) is 19.5. The van der Waals surface area contributed by atoms with Crippen molar-refractivity contribution in [1.82, 2.24) is 14.1 Å². The molecule has 0 spiro atoms. The summed E-state index contributed by atoms with van der Waals surface area (Å²) in [6, 6.07) is 8.34. The van der Waals surface area contributed by atoms with Crippen molar-refractivity contribution in [3.63, 3.8) is 0 Å². The van der Waals surface area contributed by atoms with E-state index in [1.807, 2.05) is 12.1 Å². The summed E-state index contributed by atoms with van der Waals surface area (Å²) in [5.41, 5.74) is 0.246. The minimum absolute atomic E-state index is 0.130. The van der Waals surface area contributed by atoms with Gasteiger partial charge in [0.2, 0.25) is 10.0 Å². The lowest BCUT2D eigenvalue weighted by Crippen LogP contribution is -2.48. The van der Waals surface area contributed by atoms with E-state index in [0.29, 0.717) is 26.2 Å². The molecule has 0 aliphatic carbocycles. The first-order valence-electron chi connectivity index (χ1n) is 9.90. The van der Waals surface area contributed by atoms with E-state index >= 15 is 0 Å². The summed E-state index contributed by atoms with van der Waals surface area (Å²) < 4.78 is 28.0. The largest absolute Gasteiger partial charge is 0.336 e. The molecule has 0 atom stereocenters. The Bertz CT molecular complexity index is 1030. The number of carbonyl (C=O) groups excluding carboxylic acids is 1. The molecule has 0 N–H and O–H groups in total. The normalized spacial score (nSPS) is 18.8. The Hall–Kier alpha value is -1.16. The summed E-state index contributed by atoms with van der Waals surface area (Å²) in [5.74, 6) is -0.225. The predicted octanol–water partition coefficient (Wildman–Crippen LogP) is 3.80. The average Bonchev–Trinajstić information content (AvgIpc) is 3.41. The molecule has 3 heterocycles. The average molecular weight is 488 g/mol. The SMILES string of the molecule is O=C(c1cc(S(=O)(=O)N2CCCC2)ccc1Cl)N1CCN(Cc2ccc(Cl)s2)CC1. The Morgan fingerprint density at radius 3 is 2.30 bits per heavy atom. The molecule has 2 aliphatic heterocycles. The third-order valence-electron chi connectivity index (χ3n) is 5.54. The predicted molar refractivity (Wildman–Crippen MR) is 120 cm³/mol. The Labute approximate surface area is 191 Å². The minimum atomic E-state index is -3.60. The van der Waals surface area contributed by atoms with Gasteiger partial charge in [0.25, 0.3) is 5.91 Å². The maximum absolute atomic E-state index is 13.1. The minimum Gasteiger partial charge on any atom is -0.336 e. The van der Waals surface area contributed by atoms with Crippen LogP contribution in [-0.4, -0.2) is 67.7 Å². The van der Waals surface area contributed by atoms with Gasteiger partial charge in [-0.25, -0.2) is 8.42 Å². The molecule has 2 aliphatic rings.